The van der Waals surface area contributed by atoms with Crippen LogP contribution >= 0.6 is 0 Å². The average molecular weight is 220 g/mol. The molecular formula is C12H16N2O2. The lowest BCUT2D eigenvalue weighted by Gasteiger charge is -1.99. The van der Waals surface area contributed by atoms with Gasteiger partial charge in [-0.15, -0.1) is 0 Å². The number of rotatable bonds is 6. The predicted molar refractivity (Wildman–Crippen MR) is 60.9 cm³/mol. The molecule has 1 rings (SSSR count). The van der Waals surface area contributed by atoms with Gasteiger partial charge in [-0.3, -0.25) is 4.79 Å². The molecule has 0 saturated carbocycles. The van der Waals surface area contributed by atoms with Crippen LogP contribution in [0.4, 0.5) is 0 Å². The van der Waals surface area contributed by atoms with E-state index in [0.717, 1.165) is 12.8 Å². The van der Waals surface area contributed by atoms with Crippen molar-refractivity contribution in [3.63, 3.8) is 0 Å². The summed E-state index contributed by atoms with van der Waals surface area (Å²) in [6, 6.07) is 1.79. The fourth-order valence-electron chi connectivity index (χ4n) is 1.09. The smallest absolute Gasteiger partial charge is 0.324 e. The number of carbonyl (C=O) groups excluding carboxylic acids is 1. The Kier molecular flexibility index (Phi) is 5.84. The number of nitrogens with zero attached hydrogens (tertiary/aromatic N) is 2. The molecule has 1 aromatic heterocycles. The van der Waals surface area contributed by atoms with Crippen LogP contribution in [0.3, 0.4) is 0 Å². The minimum Gasteiger partial charge on any atom is -0.391 e. The molecule has 4 heteroatoms. The van der Waals surface area contributed by atoms with Gasteiger partial charge in [-0.05, 0) is 18.9 Å². The average Bonchev–Trinajstić information content (AvgIpc) is 2.30. The Labute approximate surface area is 95.4 Å². The maximum Gasteiger partial charge on any atom is 0.324 e. The van der Waals surface area contributed by atoms with Gasteiger partial charge in [0.2, 0.25) is 0 Å². The molecule has 16 heavy (non-hydrogen) atoms. The minimum absolute atomic E-state index is 0.116. The second-order valence-corrected chi connectivity index (χ2v) is 3.30. The van der Waals surface area contributed by atoms with E-state index in [9.17, 15) is 4.79 Å². The third-order valence-electron chi connectivity index (χ3n) is 1.88. The van der Waals surface area contributed by atoms with Crippen molar-refractivity contribution in [3.05, 3.63) is 30.6 Å². The molecule has 1 heterocycles. The molecule has 0 saturated heterocycles. The predicted octanol–water partition coefficient (Wildman–Crippen LogP) is 2.52. The quantitative estimate of drug-likeness (QED) is 0.546. The molecule has 0 amide bonds. The summed E-state index contributed by atoms with van der Waals surface area (Å²) >= 11 is 0. The van der Waals surface area contributed by atoms with Crippen LogP contribution in [0.5, 0.6) is 6.01 Å². The van der Waals surface area contributed by atoms with E-state index in [2.05, 4.69) is 23.0 Å². The molecule has 1 aromatic rings. The number of unbranched alkanes of at least 4 members (excludes halogenated alkanes) is 1. The van der Waals surface area contributed by atoms with Crippen LogP contribution in [-0.4, -0.2) is 15.9 Å². The monoisotopic (exact) mass is 220 g/mol. The SMILES string of the molecule is CCCC=CCCC(=O)Oc1ncccn1. The van der Waals surface area contributed by atoms with E-state index in [0.29, 0.717) is 12.8 Å². The lowest BCUT2D eigenvalue weighted by atomic mass is 10.2. The van der Waals surface area contributed by atoms with Gasteiger partial charge in [0.05, 0.1) is 0 Å². The van der Waals surface area contributed by atoms with Gasteiger partial charge < -0.3 is 4.74 Å². The third-order valence-corrected chi connectivity index (χ3v) is 1.88. The first-order valence-corrected chi connectivity index (χ1v) is 5.45. The normalized spacial score (nSPS) is 10.6. The van der Waals surface area contributed by atoms with Crippen molar-refractivity contribution in [2.45, 2.75) is 32.6 Å². The topological polar surface area (TPSA) is 52.1 Å². The van der Waals surface area contributed by atoms with Crippen molar-refractivity contribution < 1.29 is 9.53 Å². The van der Waals surface area contributed by atoms with Crippen molar-refractivity contribution in [2.75, 3.05) is 0 Å². The second-order valence-electron chi connectivity index (χ2n) is 3.30. The Hall–Kier alpha value is -1.71. The zero-order chi connectivity index (χ0) is 11.6. The number of hydrogen-bond acceptors (Lipinski definition) is 4. The Morgan fingerprint density at radius 3 is 2.69 bits per heavy atom. The summed E-state index contributed by atoms with van der Waals surface area (Å²) in [5.74, 6) is -0.299. The van der Waals surface area contributed by atoms with Gasteiger partial charge in [0.15, 0.2) is 0 Å². The van der Waals surface area contributed by atoms with E-state index in [1.807, 2.05) is 6.08 Å². The van der Waals surface area contributed by atoms with Crippen molar-refractivity contribution >= 4 is 5.97 Å². The number of hydrogen-bond donors (Lipinski definition) is 0. The zero-order valence-electron chi connectivity index (χ0n) is 9.43. The third kappa shape index (κ3) is 5.24. The highest BCUT2D eigenvalue weighted by Gasteiger charge is 2.04. The highest BCUT2D eigenvalue weighted by Crippen LogP contribution is 2.02. The number of esters is 1. The summed E-state index contributed by atoms with van der Waals surface area (Å²) in [5, 5.41) is 0. The standard InChI is InChI=1S/C12H16N2O2/c1-2-3-4-5-6-8-11(15)16-12-13-9-7-10-14-12/h4-5,7,9-10H,2-3,6,8H2,1H3. The molecular weight excluding hydrogens is 204 g/mol. The molecule has 0 atom stereocenters. The Bertz CT molecular complexity index is 336. The summed E-state index contributed by atoms with van der Waals surface area (Å²) < 4.78 is 4.93. The van der Waals surface area contributed by atoms with Crippen LogP contribution in [0.25, 0.3) is 0 Å². The number of aromatic nitrogens is 2. The van der Waals surface area contributed by atoms with Crippen LogP contribution < -0.4 is 4.74 Å². The first-order chi connectivity index (χ1) is 7.83. The number of allylic oxidation sites excluding steroid dienone is 2. The zero-order valence-corrected chi connectivity index (χ0v) is 9.43. The molecule has 0 radical (unpaired) electrons. The number of ether oxygens (including phenoxy) is 1. The molecule has 0 spiro atoms. The fraction of sp³-hybridized carbons (Fsp3) is 0.417. The summed E-state index contributed by atoms with van der Waals surface area (Å²) in [6.45, 7) is 2.12. The molecule has 0 bridgehead atoms. The van der Waals surface area contributed by atoms with E-state index < -0.39 is 0 Å². The van der Waals surface area contributed by atoms with Crippen LogP contribution in [0.2, 0.25) is 0 Å². The van der Waals surface area contributed by atoms with E-state index in [4.69, 9.17) is 4.74 Å². The molecule has 0 aliphatic heterocycles. The first-order valence-electron chi connectivity index (χ1n) is 5.45. The van der Waals surface area contributed by atoms with Gasteiger partial charge >= 0.3 is 12.0 Å². The van der Waals surface area contributed by atoms with Gasteiger partial charge in [-0.25, -0.2) is 9.97 Å². The number of carbonyl (C=O) groups is 1. The maximum atomic E-state index is 11.3. The lowest BCUT2D eigenvalue weighted by molar-refractivity contribution is -0.134. The van der Waals surface area contributed by atoms with Crippen molar-refractivity contribution in [2.24, 2.45) is 0 Å². The molecule has 86 valence electrons. The van der Waals surface area contributed by atoms with E-state index in [1.54, 1.807) is 6.07 Å². The highest BCUT2D eigenvalue weighted by molar-refractivity contribution is 5.71. The molecule has 4 nitrogen and oxygen atoms in total. The lowest BCUT2D eigenvalue weighted by Crippen LogP contribution is -2.09. The Balaban J connectivity index is 2.21. The first kappa shape index (κ1) is 12.4. The summed E-state index contributed by atoms with van der Waals surface area (Å²) in [5.41, 5.74) is 0. The summed E-state index contributed by atoms with van der Waals surface area (Å²) in [7, 11) is 0. The van der Waals surface area contributed by atoms with Crippen LogP contribution in [0.15, 0.2) is 30.6 Å². The van der Waals surface area contributed by atoms with E-state index in [1.165, 1.54) is 12.4 Å². The largest absolute Gasteiger partial charge is 0.391 e. The van der Waals surface area contributed by atoms with Crippen molar-refractivity contribution in [1.29, 1.82) is 0 Å². The van der Waals surface area contributed by atoms with Crippen LogP contribution in [0.1, 0.15) is 32.6 Å². The van der Waals surface area contributed by atoms with E-state index in [-0.39, 0.29) is 12.0 Å². The van der Waals surface area contributed by atoms with Crippen LogP contribution in [-0.2, 0) is 4.79 Å². The summed E-state index contributed by atoms with van der Waals surface area (Å²) in [4.78, 5) is 18.9. The van der Waals surface area contributed by atoms with Crippen molar-refractivity contribution in [1.82, 2.24) is 9.97 Å². The molecule has 0 N–H and O–H groups in total. The molecule has 0 aliphatic carbocycles. The molecule has 0 fully saturated rings. The van der Waals surface area contributed by atoms with Gasteiger partial charge in [0.1, 0.15) is 0 Å². The highest BCUT2D eigenvalue weighted by atomic mass is 16.5. The molecule has 0 aliphatic rings. The molecule has 0 unspecified atom stereocenters. The minimum atomic E-state index is -0.299. The van der Waals surface area contributed by atoms with Gasteiger partial charge in [0, 0.05) is 18.8 Å². The fourth-order valence-corrected chi connectivity index (χ4v) is 1.09. The maximum absolute atomic E-state index is 11.3. The van der Waals surface area contributed by atoms with Gasteiger partial charge in [-0.2, -0.15) is 0 Å². The van der Waals surface area contributed by atoms with Crippen LogP contribution in [0, 0.1) is 0 Å². The van der Waals surface area contributed by atoms with E-state index >= 15 is 0 Å². The molecule has 0 aromatic carbocycles. The summed E-state index contributed by atoms with van der Waals surface area (Å²) in [6.07, 6.45) is 10.4. The second kappa shape index (κ2) is 7.56. The Morgan fingerprint density at radius 2 is 2.00 bits per heavy atom. The van der Waals surface area contributed by atoms with Gasteiger partial charge in [0.25, 0.3) is 0 Å². The van der Waals surface area contributed by atoms with Crippen molar-refractivity contribution in [3.8, 4) is 6.01 Å². The van der Waals surface area contributed by atoms with Gasteiger partial charge in [-0.1, -0.05) is 25.5 Å². The Morgan fingerprint density at radius 1 is 1.31 bits per heavy atom.